The minimum absolute atomic E-state index is 0.387. The van der Waals surface area contributed by atoms with E-state index >= 15 is 0 Å². The van der Waals surface area contributed by atoms with Crippen molar-refractivity contribution in [2.75, 3.05) is 0 Å². The molecule has 5 unspecified atom stereocenters. The van der Waals surface area contributed by atoms with Crippen molar-refractivity contribution in [3.05, 3.63) is 121 Å². The SMILES string of the molecule is I[C]12[CH]3[C]4(P(c5ccccc5)c5ccccc5)[C]5(P(c6ccccc6)c6ccccc6)[C]1(I)[Fe]32451678[CH]2[CH]1[CH]6[CH]7[CH]28. The van der Waals surface area contributed by atoms with Gasteiger partial charge in [0.2, 0.25) is 0 Å². The Bertz CT molecular complexity index is 2180. The zero-order valence-corrected chi connectivity index (χ0v) is 28.2. The Morgan fingerprint density at radius 3 is 1.13 bits per heavy atom. The molecule has 4 aromatic carbocycles. The summed E-state index contributed by atoms with van der Waals surface area (Å²) < 4.78 is 2.65. The van der Waals surface area contributed by atoms with Crippen LogP contribution >= 0.6 is 61.0 Å². The molecular formula is C34H26FeI2P2. The molecule has 10 fully saturated rings. The number of hydrogen-bond donors (Lipinski definition) is 0. The van der Waals surface area contributed by atoms with E-state index in [0.717, 1.165) is 7.14 Å². The number of benzene rings is 4. The molecule has 14 rings (SSSR count). The van der Waals surface area contributed by atoms with Crippen molar-refractivity contribution in [2.24, 2.45) is 0 Å². The van der Waals surface area contributed by atoms with E-state index in [1.807, 2.05) is 0 Å². The van der Waals surface area contributed by atoms with Crippen LogP contribution in [0.2, 0.25) is 28.9 Å². The van der Waals surface area contributed by atoms with E-state index in [1.165, 1.54) is 24.1 Å². The van der Waals surface area contributed by atoms with Gasteiger partial charge in [0.1, 0.15) is 0 Å². The summed E-state index contributed by atoms with van der Waals surface area (Å²) >= 11 is 6.55. The molecule has 10 heterocycles. The zero-order valence-electron chi connectivity index (χ0n) is 21.0. The first-order valence-electron chi connectivity index (χ1n) is 14.3. The molecule has 0 bridgehead atoms. The molecule has 0 saturated carbocycles. The zero-order chi connectivity index (χ0) is 25.4. The van der Waals surface area contributed by atoms with Crippen LogP contribution in [0.1, 0.15) is 0 Å². The van der Waals surface area contributed by atoms with Crippen LogP contribution in [0.25, 0.3) is 0 Å². The Balaban J connectivity index is 1.20. The molecule has 0 aromatic heterocycles. The molecular weight excluding hydrogens is 780 g/mol. The fourth-order valence-corrected chi connectivity index (χ4v) is 166. The van der Waals surface area contributed by atoms with Crippen LogP contribution in [-0.4, -0.2) is 12.7 Å². The normalized spacial score (nSPS) is 64.3. The third-order valence-corrected chi connectivity index (χ3v) is 97.7. The molecule has 5 atom stereocenters. The molecule has 194 valence electrons. The number of fused-ring (bicyclic) bond motifs is 10. The Hall–Kier alpha value is -0.281. The van der Waals surface area contributed by atoms with Crippen molar-refractivity contribution in [3.63, 3.8) is 0 Å². The number of halogens is 2. The van der Waals surface area contributed by atoms with Gasteiger partial charge in [0.15, 0.2) is 0 Å². The van der Waals surface area contributed by atoms with Crippen molar-refractivity contribution >= 4 is 82.2 Å². The van der Waals surface area contributed by atoms with E-state index in [1.54, 1.807) is 21.2 Å². The van der Waals surface area contributed by atoms with Crippen LogP contribution in [0.4, 0.5) is 0 Å². The van der Waals surface area contributed by atoms with Gasteiger partial charge in [0, 0.05) is 0 Å². The van der Waals surface area contributed by atoms with Crippen LogP contribution in [-0.2, 0) is 6.51 Å². The molecule has 10 aliphatic heterocycles. The van der Waals surface area contributed by atoms with Crippen LogP contribution in [0, 0.1) is 0 Å². The van der Waals surface area contributed by atoms with Gasteiger partial charge in [-0.15, -0.1) is 0 Å². The van der Waals surface area contributed by atoms with Gasteiger partial charge in [-0.1, -0.05) is 0 Å². The van der Waals surface area contributed by atoms with Crippen molar-refractivity contribution in [1.82, 2.24) is 0 Å². The van der Waals surface area contributed by atoms with Crippen molar-refractivity contribution < 1.29 is 6.51 Å². The molecule has 10 saturated heterocycles. The predicted molar refractivity (Wildman–Crippen MR) is 180 cm³/mol. The van der Waals surface area contributed by atoms with Gasteiger partial charge in [0.25, 0.3) is 0 Å². The summed E-state index contributed by atoms with van der Waals surface area (Å²) in [5, 5.41) is 6.78. The minimum atomic E-state index is -4.18. The van der Waals surface area contributed by atoms with E-state index in [0.29, 0.717) is 10.4 Å². The molecule has 10 aliphatic rings. The molecule has 0 amide bonds. The summed E-state index contributed by atoms with van der Waals surface area (Å²) in [4.78, 5) is 7.19. The summed E-state index contributed by atoms with van der Waals surface area (Å²) in [5.41, 5.74) is 0. The summed E-state index contributed by atoms with van der Waals surface area (Å²) in [6.45, 7) is -4.18. The number of alkyl halides is 2. The maximum atomic E-state index is 3.30. The van der Waals surface area contributed by atoms with Crippen LogP contribution in [0.15, 0.2) is 121 Å². The fourth-order valence-electron chi connectivity index (χ4n) is 21.0. The van der Waals surface area contributed by atoms with Gasteiger partial charge < -0.3 is 0 Å². The Morgan fingerprint density at radius 2 is 0.821 bits per heavy atom. The average molecular weight is 806 g/mol. The first-order chi connectivity index (χ1) is 18.9. The van der Waals surface area contributed by atoms with Gasteiger partial charge in [-0.25, -0.2) is 0 Å². The molecule has 0 aliphatic carbocycles. The van der Waals surface area contributed by atoms with Crippen LogP contribution in [0.3, 0.4) is 0 Å². The van der Waals surface area contributed by atoms with E-state index in [4.69, 9.17) is 0 Å². The number of hydrogen-bond acceptors (Lipinski definition) is 0. The van der Waals surface area contributed by atoms with Crippen LogP contribution in [0.5, 0.6) is 0 Å². The Morgan fingerprint density at radius 1 is 0.487 bits per heavy atom. The first kappa shape index (κ1) is 20.6. The average Bonchev–Trinajstić information content (AvgIpc) is 3.95. The first-order valence-corrected chi connectivity index (χ1v) is 25.2. The number of rotatable bonds is 6. The fraction of sp³-hybridized carbons (Fsp3) is 0.294. The quantitative estimate of drug-likeness (QED) is 0.0800. The third kappa shape index (κ3) is 0.486. The van der Waals surface area contributed by atoms with E-state index < -0.39 is 14.4 Å². The van der Waals surface area contributed by atoms with Crippen molar-refractivity contribution in [2.45, 2.75) is 41.6 Å². The molecule has 39 heavy (non-hydrogen) atoms. The standard InChI is InChI=1S/C29H21I2P2.C5H5.Fe/c30-26-21-27(32(22-13-5-1-6-14-22)23-15-7-2-8-16-23)29(28(26)31)33(24-17-9-3-10-18-24)25-19-11-4-12-20-25;1-2-4-5-3-1;/h1-21H;1-5H;. The van der Waals surface area contributed by atoms with Crippen molar-refractivity contribution in [1.29, 1.82) is 0 Å². The molecule has 0 radical (unpaired) electrons. The second-order valence-electron chi connectivity index (χ2n) is 15.7. The molecule has 0 nitrogen and oxygen atoms in total. The van der Waals surface area contributed by atoms with E-state index in [9.17, 15) is 0 Å². The summed E-state index contributed by atoms with van der Waals surface area (Å²) in [6, 6.07) is 48.2. The second-order valence-corrected chi connectivity index (χ2v) is 49.0. The van der Waals surface area contributed by atoms with E-state index in [2.05, 4.69) is 167 Å². The third-order valence-electron chi connectivity index (χ3n) is 19.4. The molecule has 0 N–H and O–H groups in total. The van der Waals surface area contributed by atoms with Gasteiger partial charge in [0.05, 0.1) is 0 Å². The summed E-state index contributed by atoms with van der Waals surface area (Å²) in [7, 11) is -0.794. The monoisotopic (exact) mass is 806 g/mol. The van der Waals surface area contributed by atoms with E-state index in [-0.39, 0.29) is 7.92 Å². The Kier molecular flexibility index (Phi) is 1.73. The molecule has 1 spiro atoms. The van der Waals surface area contributed by atoms with Gasteiger partial charge in [-0.2, -0.15) is 0 Å². The van der Waals surface area contributed by atoms with Crippen molar-refractivity contribution in [3.8, 4) is 0 Å². The van der Waals surface area contributed by atoms with Gasteiger partial charge >= 0.3 is 252 Å². The van der Waals surface area contributed by atoms with Gasteiger partial charge in [-0.3, -0.25) is 0 Å². The second kappa shape index (κ2) is 3.27. The Labute approximate surface area is 249 Å². The summed E-state index contributed by atoms with van der Waals surface area (Å²) in [6.07, 6.45) is 0. The maximum absolute atomic E-state index is 4.18. The van der Waals surface area contributed by atoms with Crippen LogP contribution < -0.4 is 21.2 Å². The molecule has 4 aromatic rings. The topological polar surface area (TPSA) is 0 Å². The molecule has 5 heteroatoms. The van der Waals surface area contributed by atoms with Gasteiger partial charge in [-0.05, 0) is 0 Å². The predicted octanol–water partition coefficient (Wildman–Crippen LogP) is 8.14. The summed E-state index contributed by atoms with van der Waals surface area (Å²) in [5.74, 6) is 0.